The standard InChI is InChI=1S/C14H20N2OS/c1-16(11-14(17)15-12-7-8-12)9-10-18-13-5-3-2-4-6-13/h2-6,12H,7-11H2,1H3,(H,15,17). The van der Waals surface area contributed by atoms with E-state index in [2.05, 4.69) is 34.5 Å². The highest BCUT2D eigenvalue weighted by Gasteiger charge is 2.23. The molecule has 0 radical (unpaired) electrons. The van der Waals surface area contributed by atoms with Crippen molar-refractivity contribution in [2.75, 3.05) is 25.9 Å². The van der Waals surface area contributed by atoms with E-state index in [9.17, 15) is 4.79 Å². The average molecular weight is 264 g/mol. The number of nitrogens with zero attached hydrogens (tertiary/aromatic N) is 1. The first-order valence-corrected chi connectivity index (χ1v) is 7.38. The van der Waals surface area contributed by atoms with E-state index in [-0.39, 0.29) is 5.91 Å². The molecule has 1 N–H and O–H groups in total. The van der Waals surface area contributed by atoms with E-state index in [4.69, 9.17) is 0 Å². The SMILES string of the molecule is CN(CCSc1ccccc1)CC(=O)NC1CC1. The van der Waals surface area contributed by atoms with Crippen LogP contribution in [0.4, 0.5) is 0 Å². The Balaban J connectivity index is 1.59. The second-order valence-electron chi connectivity index (χ2n) is 4.74. The number of thioether (sulfide) groups is 1. The van der Waals surface area contributed by atoms with Crippen LogP contribution in [0.5, 0.6) is 0 Å². The van der Waals surface area contributed by atoms with Gasteiger partial charge in [-0.3, -0.25) is 9.69 Å². The molecule has 0 unspecified atom stereocenters. The van der Waals surface area contributed by atoms with Crippen molar-refractivity contribution in [1.29, 1.82) is 0 Å². The molecule has 98 valence electrons. The van der Waals surface area contributed by atoms with E-state index in [1.165, 1.54) is 4.90 Å². The van der Waals surface area contributed by atoms with Crippen LogP contribution in [0.2, 0.25) is 0 Å². The lowest BCUT2D eigenvalue weighted by atomic mass is 10.4. The first-order valence-electron chi connectivity index (χ1n) is 6.40. The van der Waals surface area contributed by atoms with Gasteiger partial charge in [-0.25, -0.2) is 0 Å². The van der Waals surface area contributed by atoms with E-state index >= 15 is 0 Å². The average Bonchev–Trinajstić information content (AvgIpc) is 3.14. The summed E-state index contributed by atoms with van der Waals surface area (Å²) in [5.74, 6) is 1.17. The Morgan fingerprint density at radius 3 is 2.78 bits per heavy atom. The first-order chi connectivity index (χ1) is 8.74. The summed E-state index contributed by atoms with van der Waals surface area (Å²) in [5, 5.41) is 3.01. The molecular formula is C14H20N2OS. The molecular weight excluding hydrogens is 244 g/mol. The fourth-order valence-corrected chi connectivity index (χ4v) is 2.65. The van der Waals surface area contributed by atoms with Crippen LogP contribution in [-0.2, 0) is 4.79 Å². The summed E-state index contributed by atoms with van der Waals surface area (Å²) in [6.07, 6.45) is 2.30. The summed E-state index contributed by atoms with van der Waals surface area (Å²) in [7, 11) is 2.00. The van der Waals surface area contributed by atoms with Crippen LogP contribution < -0.4 is 5.32 Å². The molecule has 4 heteroatoms. The van der Waals surface area contributed by atoms with Crippen LogP contribution >= 0.6 is 11.8 Å². The second kappa shape index (κ2) is 6.81. The van der Waals surface area contributed by atoms with Crippen LogP contribution in [0.3, 0.4) is 0 Å². The van der Waals surface area contributed by atoms with Crippen LogP contribution in [0, 0.1) is 0 Å². The fourth-order valence-electron chi connectivity index (χ4n) is 1.66. The summed E-state index contributed by atoms with van der Waals surface area (Å²) in [4.78, 5) is 14.9. The molecule has 0 bridgehead atoms. The number of benzene rings is 1. The smallest absolute Gasteiger partial charge is 0.234 e. The van der Waals surface area contributed by atoms with Crippen LogP contribution in [0.1, 0.15) is 12.8 Å². The Kier molecular flexibility index (Phi) is 5.08. The molecule has 1 aliphatic rings. The van der Waals surface area contributed by atoms with Gasteiger partial charge in [-0.05, 0) is 32.0 Å². The minimum atomic E-state index is 0.157. The molecule has 0 atom stereocenters. The molecule has 0 aromatic heterocycles. The highest BCUT2D eigenvalue weighted by molar-refractivity contribution is 7.99. The summed E-state index contributed by atoms with van der Waals surface area (Å²) in [6, 6.07) is 10.8. The largest absolute Gasteiger partial charge is 0.352 e. The van der Waals surface area contributed by atoms with Gasteiger partial charge in [0.15, 0.2) is 0 Å². The molecule has 0 heterocycles. The molecule has 1 fully saturated rings. The van der Waals surface area contributed by atoms with Crippen molar-refractivity contribution in [2.24, 2.45) is 0 Å². The maximum Gasteiger partial charge on any atom is 0.234 e. The molecule has 0 aliphatic heterocycles. The maximum absolute atomic E-state index is 11.6. The number of carbonyl (C=O) groups excluding carboxylic acids is 1. The van der Waals surface area contributed by atoms with Crippen molar-refractivity contribution in [3.8, 4) is 0 Å². The Hall–Kier alpha value is -1.00. The molecule has 1 saturated carbocycles. The van der Waals surface area contributed by atoms with Crippen LogP contribution in [0.15, 0.2) is 35.2 Å². The van der Waals surface area contributed by atoms with Crippen molar-refractivity contribution in [3.63, 3.8) is 0 Å². The van der Waals surface area contributed by atoms with Crippen molar-refractivity contribution in [2.45, 2.75) is 23.8 Å². The van der Waals surface area contributed by atoms with Gasteiger partial charge in [-0.15, -0.1) is 11.8 Å². The normalized spacial score (nSPS) is 14.8. The summed E-state index contributed by atoms with van der Waals surface area (Å²) >= 11 is 1.83. The maximum atomic E-state index is 11.6. The Labute approximate surface area is 113 Å². The highest BCUT2D eigenvalue weighted by atomic mass is 32.2. The predicted molar refractivity (Wildman–Crippen MR) is 75.8 cm³/mol. The highest BCUT2D eigenvalue weighted by Crippen LogP contribution is 2.18. The van der Waals surface area contributed by atoms with Gasteiger partial charge >= 0.3 is 0 Å². The van der Waals surface area contributed by atoms with Crippen LogP contribution in [0.25, 0.3) is 0 Å². The lowest BCUT2D eigenvalue weighted by Crippen LogP contribution is -2.37. The molecule has 1 aromatic carbocycles. The van der Waals surface area contributed by atoms with E-state index in [1.807, 2.05) is 24.9 Å². The molecule has 1 aromatic rings. The van der Waals surface area contributed by atoms with E-state index in [0.717, 1.165) is 25.1 Å². The number of hydrogen-bond acceptors (Lipinski definition) is 3. The molecule has 0 spiro atoms. The number of carbonyl (C=O) groups is 1. The Morgan fingerprint density at radius 2 is 2.11 bits per heavy atom. The number of amides is 1. The predicted octanol–water partition coefficient (Wildman–Crippen LogP) is 1.99. The fraction of sp³-hybridized carbons (Fsp3) is 0.500. The van der Waals surface area contributed by atoms with Crippen molar-refractivity contribution in [1.82, 2.24) is 10.2 Å². The Morgan fingerprint density at radius 1 is 1.39 bits per heavy atom. The van der Waals surface area contributed by atoms with Gasteiger partial charge in [0.2, 0.25) is 5.91 Å². The molecule has 0 saturated heterocycles. The van der Waals surface area contributed by atoms with Gasteiger partial charge in [-0.1, -0.05) is 18.2 Å². The van der Waals surface area contributed by atoms with Gasteiger partial charge in [0.1, 0.15) is 0 Å². The molecule has 3 nitrogen and oxygen atoms in total. The number of hydrogen-bond donors (Lipinski definition) is 1. The van der Waals surface area contributed by atoms with Crippen LogP contribution in [-0.4, -0.2) is 42.7 Å². The zero-order chi connectivity index (χ0) is 12.8. The third-order valence-corrected chi connectivity index (χ3v) is 3.83. The lowest BCUT2D eigenvalue weighted by molar-refractivity contribution is -0.122. The van der Waals surface area contributed by atoms with E-state index < -0.39 is 0 Å². The minimum Gasteiger partial charge on any atom is -0.352 e. The van der Waals surface area contributed by atoms with Crippen molar-refractivity contribution >= 4 is 17.7 Å². The molecule has 1 aliphatic carbocycles. The van der Waals surface area contributed by atoms with Gasteiger partial charge in [0.05, 0.1) is 6.54 Å². The number of nitrogens with one attached hydrogen (secondary N) is 1. The van der Waals surface area contributed by atoms with E-state index in [0.29, 0.717) is 12.6 Å². The quantitative estimate of drug-likeness (QED) is 0.764. The minimum absolute atomic E-state index is 0.157. The monoisotopic (exact) mass is 264 g/mol. The topological polar surface area (TPSA) is 32.3 Å². The number of likely N-dealkylation sites (N-methyl/N-ethyl adjacent to an activating group) is 1. The van der Waals surface area contributed by atoms with Gasteiger partial charge < -0.3 is 5.32 Å². The third-order valence-electron chi connectivity index (χ3n) is 2.84. The zero-order valence-electron chi connectivity index (χ0n) is 10.8. The van der Waals surface area contributed by atoms with Crippen molar-refractivity contribution in [3.05, 3.63) is 30.3 Å². The second-order valence-corrected chi connectivity index (χ2v) is 5.91. The van der Waals surface area contributed by atoms with E-state index in [1.54, 1.807) is 0 Å². The van der Waals surface area contributed by atoms with Gasteiger partial charge in [0, 0.05) is 23.2 Å². The summed E-state index contributed by atoms with van der Waals surface area (Å²) in [6.45, 7) is 1.43. The van der Waals surface area contributed by atoms with Crippen molar-refractivity contribution < 1.29 is 4.79 Å². The zero-order valence-corrected chi connectivity index (χ0v) is 11.6. The number of rotatable bonds is 7. The van der Waals surface area contributed by atoms with Gasteiger partial charge in [-0.2, -0.15) is 0 Å². The first kappa shape index (κ1) is 13.4. The lowest BCUT2D eigenvalue weighted by Gasteiger charge is -2.15. The summed E-state index contributed by atoms with van der Waals surface area (Å²) in [5.41, 5.74) is 0. The third kappa shape index (κ3) is 5.10. The molecule has 1 amide bonds. The molecule has 2 rings (SSSR count). The summed E-state index contributed by atoms with van der Waals surface area (Å²) < 4.78 is 0. The van der Waals surface area contributed by atoms with Gasteiger partial charge in [0.25, 0.3) is 0 Å². The Bertz CT molecular complexity index is 379. The molecule has 18 heavy (non-hydrogen) atoms.